The highest BCUT2D eigenvalue weighted by molar-refractivity contribution is 6.03. The molecule has 2 N–H and O–H groups in total. The Hall–Kier alpha value is -3.01. The first-order chi connectivity index (χ1) is 14.4. The van der Waals surface area contributed by atoms with Crippen molar-refractivity contribution in [2.24, 2.45) is 5.92 Å². The summed E-state index contributed by atoms with van der Waals surface area (Å²) in [5.41, 5.74) is -2.25. The van der Waals surface area contributed by atoms with E-state index in [1.165, 1.54) is 6.07 Å². The standard InChI is InChI=1S/C21H20F4N4O2/c1-20(2,31)12-7-13(8-12)29-10-11-6-17(14(22)9-16(11)28-29)27-19(30)15-4-3-5-18(26-15)21(23,24)25/h3-6,9-10,12-13,31H,7-8H2,1-2H3,(H,27,30). The van der Waals surface area contributed by atoms with Crippen molar-refractivity contribution in [2.45, 2.75) is 44.5 Å². The Labute approximate surface area is 174 Å². The van der Waals surface area contributed by atoms with Crippen LogP contribution in [0, 0.1) is 11.7 Å². The summed E-state index contributed by atoms with van der Waals surface area (Å²) in [6.07, 6.45) is -1.49. The second-order valence-electron chi connectivity index (χ2n) is 8.34. The zero-order valence-electron chi connectivity index (χ0n) is 16.7. The Morgan fingerprint density at radius 3 is 2.58 bits per heavy atom. The van der Waals surface area contributed by atoms with E-state index >= 15 is 0 Å². The molecule has 0 saturated heterocycles. The second kappa shape index (κ2) is 7.30. The van der Waals surface area contributed by atoms with E-state index in [9.17, 15) is 27.5 Å². The molecule has 1 saturated carbocycles. The van der Waals surface area contributed by atoms with Gasteiger partial charge in [-0.3, -0.25) is 9.48 Å². The monoisotopic (exact) mass is 436 g/mol. The largest absolute Gasteiger partial charge is 0.433 e. The first kappa shape index (κ1) is 21.2. The maximum atomic E-state index is 14.5. The Bertz CT molecular complexity index is 1140. The topological polar surface area (TPSA) is 80.0 Å². The van der Waals surface area contributed by atoms with Gasteiger partial charge in [-0.1, -0.05) is 6.07 Å². The van der Waals surface area contributed by atoms with Crippen LogP contribution in [0.2, 0.25) is 0 Å². The fourth-order valence-electron chi connectivity index (χ4n) is 3.63. The number of aromatic nitrogens is 3. The normalized spacial score (nSPS) is 19.3. The number of aliphatic hydroxyl groups is 1. The van der Waals surface area contributed by atoms with Gasteiger partial charge in [0.15, 0.2) is 0 Å². The number of alkyl halides is 3. The molecule has 0 spiro atoms. The van der Waals surface area contributed by atoms with E-state index in [0.29, 0.717) is 10.9 Å². The molecule has 0 atom stereocenters. The summed E-state index contributed by atoms with van der Waals surface area (Å²) in [6, 6.07) is 5.56. The van der Waals surface area contributed by atoms with E-state index in [4.69, 9.17) is 0 Å². The van der Waals surface area contributed by atoms with Gasteiger partial charge in [-0.05, 0) is 50.8 Å². The van der Waals surface area contributed by atoms with E-state index < -0.39 is 34.9 Å². The van der Waals surface area contributed by atoms with Crippen LogP contribution in [0.3, 0.4) is 0 Å². The maximum absolute atomic E-state index is 14.5. The summed E-state index contributed by atoms with van der Waals surface area (Å²) in [5.74, 6) is -1.57. The Balaban J connectivity index is 1.54. The molecule has 0 aliphatic heterocycles. The van der Waals surface area contributed by atoms with Crippen LogP contribution in [0.15, 0.2) is 36.5 Å². The van der Waals surface area contributed by atoms with Crippen LogP contribution in [-0.2, 0) is 6.18 Å². The molecule has 1 aliphatic rings. The van der Waals surface area contributed by atoms with Gasteiger partial charge >= 0.3 is 6.18 Å². The molecule has 10 heteroatoms. The lowest BCUT2D eigenvalue weighted by Gasteiger charge is -2.42. The van der Waals surface area contributed by atoms with Crippen LogP contribution in [0.4, 0.5) is 23.2 Å². The molecule has 1 aliphatic carbocycles. The molecule has 1 aromatic carbocycles. The highest BCUT2D eigenvalue weighted by atomic mass is 19.4. The average molecular weight is 436 g/mol. The van der Waals surface area contributed by atoms with Crippen LogP contribution in [0.25, 0.3) is 10.9 Å². The number of hydrogen-bond acceptors (Lipinski definition) is 4. The number of benzene rings is 1. The minimum Gasteiger partial charge on any atom is -0.390 e. The molecule has 31 heavy (non-hydrogen) atoms. The molecule has 1 fully saturated rings. The van der Waals surface area contributed by atoms with Crippen molar-refractivity contribution >= 4 is 22.5 Å². The number of rotatable bonds is 4. The second-order valence-corrected chi connectivity index (χ2v) is 8.34. The molecule has 0 radical (unpaired) electrons. The zero-order valence-corrected chi connectivity index (χ0v) is 16.7. The van der Waals surface area contributed by atoms with E-state index in [1.807, 2.05) is 0 Å². The van der Waals surface area contributed by atoms with Crippen molar-refractivity contribution in [1.29, 1.82) is 0 Å². The van der Waals surface area contributed by atoms with Crippen molar-refractivity contribution in [3.63, 3.8) is 0 Å². The highest BCUT2D eigenvalue weighted by Crippen LogP contribution is 2.44. The number of fused-ring (bicyclic) bond motifs is 1. The smallest absolute Gasteiger partial charge is 0.390 e. The number of hydrogen-bond donors (Lipinski definition) is 2. The molecule has 2 heterocycles. The van der Waals surface area contributed by atoms with Gasteiger partial charge in [-0.2, -0.15) is 18.3 Å². The number of anilines is 1. The van der Waals surface area contributed by atoms with Gasteiger partial charge < -0.3 is 10.4 Å². The van der Waals surface area contributed by atoms with E-state index in [0.717, 1.165) is 37.1 Å². The number of carbonyl (C=O) groups is 1. The molecule has 6 nitrogen and oxygen atoms in total. The van der Waals surface area contributed by atoms with Gasteiger partial charge in [0.2, 0.25) is 0 Å². The molecule has 0 unspecified atom stereocenters. The Kier molecular flexibility index (Phi) is 5.00. The van der Waals surface area contributed by atoms with E-state index in [1.54, 1.807) is 24.7 Å². The van der Waals surface area contributed by atoms with Crippen LogP contribution < -0.4 is 5.32 Å². The van der Waals surface area contributed by atoms with Crippen molar-refractivity contribution in [1.82, 2.24) is 14.8 Å². The molecule has 3 aromatic rings. The average Bonchev–Trinajstić information content (AvgIpc) is 3.00. The van der Waals surface area contributed by atoms with E-state index in [2.05, 4.69) is 15.4 Å². The lowest BCUT2D eigenvalue weighted by atomic mass is 9.71. The molecule has 0 bridgehead atoms. The number of nitrogens with one attached hydrogen (secondary N) is 1. The Morgan fingerprint density at radius 1 is 1.23 bits per heavy atom. The predicted octanol–water partition coefficient (Wildman–Crippen LogP) is 4.56. The van der Waals surface area contributed by atoms with Crippen LogP contribution in [-0.4, -0.2) is 31.4 Å². The summed E-state index contributed by atoms with van der Waals surface area (Å²) in [4.78, 5) is 15.6. The van der Waals surface area contributed by atoms with Crippen LogP contribution >= 0.6 is 0 Å². The molecule has 1 amide bonds. The SMILES string of the molecule is CC(C)(O)C1CC(n2cc3cc(NC(=O)c4cccc(C(F)(F)F)n4)c(F)cc3n2)C1. The fourth-order valence-corrected chi connectivity index (χ4v) is 3.63. The minimum absolute atomic E-state index is 0.0826. The summed E-state index contributed by atoms with van der Waals surface area (Å²) in [5, 5.41) is 17.3. The quantitative estimate of drug-likeness (QED) is 0.588. The van der Waals surface area contributed by atoms with Gasteiger partial charge in [0.05, 0.1) is 22.8 Å². The molecule has 164 valence electrons. The van der Waals surface area contributed by atoms with Gasteiger partial charge in [0.1, 0.15) is 17.2 Å². The summed E-state index contributed by atoms with van der Waals surface area (Å²) < 4.78 is 54.6. The summed E-state index contributed by atoms with van der Waals surface area (Å²) in [7, 11) is 0. The molecule has 4 rings (SSSR count). The molecular formula is C21H20F4N4O2. The maximum Gasteiger partial charge on any atom is 0.433 e. The number of nitrogens with zero attached hydrogens (tertiary/aromatic N) is 3. The third-order valence-corrected chi connectivity index (χ3v) is 5.62. The van der Waals surface area contributed by atoms with E-state index in [-0.39, 0.29) is 17.6 Å². The van der Waals surface area contributed by atoms with Crippen LogP contribution in [0.5, 0.6) is 0 Å². The minimum atomic E-state index is -4.69. The number of pyridine rings is 1. The molecule has 2 aromatic heterocycles. The lowest BCUT2D eigenvalue weighted by Crippen LogP contribution is -2.41. The van der Waals surface area contributed by atoms with Crippen molar-refractivity contribution in [2.75, 3.05) is 5.32 Å². The van der Waals surface area contributed by atoms with Crippen molar-refractivity contribution in [3.8, 4) is 0 Å². The number of carbonyl (C=O) groups excluding carboxylic acids is 1. The van der Waals surface area contributed by atoms with Crippen molar-refractivity contribution in [3.05, 3.63) is 53.7 Å². The summed E-state index contributed by atoms with van der Waals surface area (Å²) in [6.45, 7) is 3.52. The molecular weight excluding hydrogens is 416 g/mol. The zero-order chi connectivity index (χ0) is 22.6. The number of halogens is 4. The summed E-state index contributed by atoms with van der Waals surface area (Å²) >= 11 is 0. The van der Waals surface area contributed by atoms with Gasteiger partial charge in [0.25, 0.3) is 5.91 Å². The van der Waals surface area contributed by atoms with Crippen LogP contribution in [0.1, 0.15) is 48.9 Å². The Morgan fingerprint density at radius 2 is 1.94 bits per heavy atom. The predicted molar refractivity (Wildman–Crippen MR) is 105 cm³/mol. The first-order valence-electron chi connectivity index (χ1n) is 9.68. The highest BCUT2D eigenvalue weighted by Gasteiger charge is 2.40. The number of amides is 1. The lowest BCUT2D eigenvalue weighted by molar-refractivity contribution is -0.141. The third kappa shape index (κ3) is 4.25. The fraction of sp³-hybridized carbons (Fsp3) is 0.381. The van der Waals surface area contributed by atoms with Gasteiger partial charge in [-0.15, -0.1) is 0 Å². The van der Waals surface area contributed by atoms with Gasteiger partial charge in [-0.25, -0.2) is 9.37 Å². The van der Waals surface area contributed by atoms with Gasteiger partial charge in [0, 0.05) is 17.6 Å². The third-order valence-electron chi connectivity index (χ3n) is 5.62. The first-order valence-corrected chi connectivity index (χ1v) is 9.68. The van der Waals surface area contributed by atoms with Crippen molar-refractivity contribution < 1.29 is 27.5 Å².